The molecule has 0 aliphatic heterocycles. The van der Waals surface area contributed by atoms with Crippen LogP contribution in [0.5, 0.6) is 0 Å². The van der Waals surface area contributed by atoms with Gasteiger partial charge in [-0.2, -0.15) is 0 Å². The quantitative estimate of drug-likeness (QED) is 0.566. The van der Waals surface area contributed by atoms with Crippen LogP contribution >= 0.6 is 0 Å². The summed E-state index contributed by atoms with van der Waals surface area (Å²) in [4.78, 5) is 12.3. The second kappa shape index (κ2) is 2.80. The van der Waals surface area contributed by atoms with E-state index in [4.69, 9.17) is 0 Å². The molecular formula is C15H22O. The fourth-order valence-electron chi connectivity index (χ4n) is 5.38. The average Bonchev–Trinajstić information content (AvgIpc) is 2.69. The molecule has 0 bridgehead atoms. The fourth-order valence-corrected chi connectivity index (χ4v) is 5.38. The lowest BCUT2D eigenvalue weighted by Crippen LogP contribution is -2.35. The Hall–Kier alpha value is -0.590. The van der Waals surface area contributed by atoms with E-state index in [0.29, 0.717) is 17.6 Å². The summed E-state index contributed by atoms with van der Waals surface area (Å²) >= 11 is 0. The van der Waals surface area contributed by atoms with Gasteiger partial charge in [0.2, 0.25) is 0 Å². The van der Waals surface area contributed by atoms with Crippen LogP contribution in [0.2, 0.25) is 0 Å². The predicted molar refractivity (Wildman–Crippen MR) is 65.0 cm³/mol. The molecule has 88 valence electrons. The van der Waals surface area contributed by atoms with E-state index in [2.05, 4.69) is 27.7 Å². The zero-order valence-corrected chi connectivity index (χ0v) is 10.9. The summed E-state index contributed by atoms with van der Waals surface area (Å²) in [6.45, 7) is 9.22. The number of Topliss-reactive ketones (excluding diaryl/α,β-unsaturated/α-hetero) is 1. The molecule has 1 unspecified atom stereocenters. The predicted octanol–water partition coefficient (Wildman–Crippen LogP) is 3.74. The molecule has 0 heterocycles. The zero-order valence-electron chi connectivity index (χ0n) is 10.9. The Bertz CT molecular complexity index is 406. The van der Waals surface area contributed by atoms with Gasteiger partial charge >= 0.3 is 0 Å². The Morgan fingerprint density at radius 3 is 2.62 bits per heavy atom. The number of rotatable bonds is 0. The number of ketones is 1. The monoisotopic (exact) mass is 218 g/mol. The van der Waals surface area contributed by atoms with E-state index in [9.17, 15) is 4.79 Å². The molecule has 0 aromatic heterocycles. The Morgan fingerprint density at radius 1 is 1.25 bits per heavy atom. The summed E-state index contributed by atoms with van der Waals surface area (Å²) in [5.41, 5.74) is 3.64. The molecule has 0 amide bonds. The van der Waals surface area contributed by atoms with E-state index in [1.54, 1.807) is 11.1 Å². The maximum absolute atomic E-state index is 12.3. The van der Waals surface area contributed by atoms with Crippen LogP contribution in [0.15, 0.2) is 11.1 Å². The lowest BCUT2D eigenvalue weighted by Gasteiger charge is -2.39. The molecule has 3 aliphatic carbocycles. The van der Waals surface area contributed by atoms with Gasteiger partial charge in [0.25, 0.3) is 0 Å². The maximum Gasteiger partial charge on any atom is 0.137 e. The molecule has 1 spiro atoms. The fraction of sp³-hybridized carbons (Fsp3) is 0.800. The highest BCUT2D eigenvalue weighted by Crippen LogP contribution is 2.72. The number of hydrogen-bond acceptors (Lipinski definition) is 1. The molecule has 0 N–H and O–H groups in total. The molecule has 0 radical (unpaired) electrons. The SMILES string of the molecule is CC1=C(C)C23CC[C@@H](C)[C@@H]2C(=O)C[C@@]3(C)C1. The Balaban J connectivity index is 2.20. The van der Waals surface area contributed by atoms with Crippen LogP contribution in [-0.2, 0) is 4.79 Å². The summed E-state index contributed by atoms with van der Waals surface area (Å²) in [7, 11) is 0. The molecule has 0 aromatic rings. The van der Waals surface area contributed by atoms with Gasteiger partial charge in [-0.05, 0) is 44.4 Å². The minimum Gasteiger partial charge on any atom is -0.299 e. The van der Waals surface area contributed by atoms with Gasteiger partial charge in [0, 0.05) is 17.8 Å². The van der Waals surface area contributed by atoms with Crippen molar-refractivity contribution in [2.75, 3.05) is 0 Å². The Morgan fingerprint density at radius 2 is 1.94 bits per heavy atom. The van der Waals surface area contributed by atoms with E-state index in [1.165, 1.54) is 12.8 Å². The summed E-state index contributed by atoms with van der Waals surface area (Å²) in [5, 5.41) is 0. The van der Waals surface area contributed by atoms with Crippen molar-refractivity contribution < 1.29 is 4.79 Å². The standard InChI is InChI=1S/C15H22O/c1-9-5-6-15-11(3)10(2)7-14(15,4)8-12(16)13(9)15/h9,13H,5-8H2,1-4H3/t9-,13-,14-,15?/m1/s1. The van der Waals surface area contributed by atoms with Gasteiger partial charge in [-0.1, -0.05) is 25.0 Å². The summed E-state index contributed by atoms with van der Waals surface area (Å²) in [6.07, 6.45) is 4.49. The van der Waals surface area contributed by atoms with Crippen molar-refractivity contribution in [3.05, 3.63) is 11.1 Å². The van der Waals surface area contributed by atoms with Crippen LogP contribution in [0.4, 0.5) is 0 Å². The first kappa shape index (κ1) is 10.6. The molecule has 1 heteroatoms. The topological polar surface area (TPSA) is 17.1 Å². The van der Waals surface area contributed by atoms with Gasteiger partial charge in [0.05, 0.1) is 0 Å². The number of carbonyl (C=O) groups is 1. The Kier molecular flexibility index (Phi) is 1.85. The van der Waals surface area contributed by atoms with Gasteiger partial charge in [0.15, 0.2) is 0 Å². The largest absolute Gasteiger partial charge is 0.299 e. The van der Waals surface area contributed by atoms with Crippen molar-refractivity contribution >= 4 is 5.78 Å². The maximum atomic E-state index is 12.3. The van der Waals surface area contributed by atoms with Gasteiger partial charge in [-0.3, -0.25) is 4.79 Å². The van der Waals surface area contributed by atoms with Crippen LogP contribution in [0, 0.1) is 22.7 Å². The molecule has 2 fully saturated rings. The average molecular weight is 218 g/mol. The number of carbonyl (C=O) groups excluding carboxylic acids is 1. The first-order valence-corrected chi connectivity index (χ1v) is 6.62. The van der Waals surface area contributed by atoms with Gasteiger partial charge in [0.1, 0.15) is 5.78 Å². The second-order valence-electron chi connectivity index (χ2n) is 6.75. The van der Waals surface area contributed by atoms with Crippen molar-refractivity contribution in [2.45, 2.75) is 53.4 Å². The second-order valence-corrected chi connectivity index (χ2v) is 6.75. The van der Waals surface area contributed by atoms with Gasteiger partial charge < -0.3 is 0 Å². The van der Waals surface area contributed by atoms with Crippen LogP contribution < -0.4 is 0 Å². The van der Waals surface area contributed by atoms with Crippen molar-refractivity contribution in [1.29, 1.82) is 0 Å². The summed E-state index contributed by atoms with van der Waals surface area (Å²) in [6, 6.07) is 0. The highest BCUT2D eigenvalue weighted by Gasteiger charge is 2.68. The van der Waals surface area contributed by atoms with E-state index >= 15 is 0 Å². The molecule has 0 aromatic carbocycles. The van der Waals surface area contributed by atoms with Crippen LogP contribution in [0.1, 0.15) is 53.4 Å². The van der Waals surface area contributed by atoms with Gasteiger partial charge in [-0.25, -0.2) is 0 Å². The molecule has 1 nitrogen and oxygen atoms in total. The minimum atomic E-state index is 0.258. The molecular weight excluding hydrogens is 196 g/mol. The molecule has 4 atom stereocenters. The smallest absolute Gasteiger partial charge is 0.137 e. The van der Waals surface area contributed by atoms with E-state index in [-0.39, 0.29) is 10.8 Å². The van der Waals surface area contributed by atoms with Crippen LogP contribution in [-0.4, -0.2) is 5.78 Å². The number of hydrogen-bond donors (Lipinski definition) is 0. The van der Waals surface area contributed by atoms with Gasteiger partial charge in [-0.15, -0.1) is 0 Å². The molecule has 0 saturated heterocycles. The third-order valence-electron chi connectivity index (χ3n) is 6.05. The highest BCUT2D eigenvalue weighted by atomic mass is 16.1. The van der Waals surface area contributed by atoms with E-state index < -0.39 is 0 Å². The van der Waals surface area contributed by atoms with E-state index in [0.717, 1.165) is 12.8 Å². The van der Waals surface area contributed by atoms with Crippen molar-refractivity contribution in [3.8, 4) is 0 Å². The molecule has 2 saturated carbocycles. The summed E-state index contributed by atoms with van der Waals surface area (Å²) < 4.78 is 0. The number of allylic oxidation sites excluding steroid dienone is 2. The molecule has 3 rings (SSSR count). The van der Waals surface area contributed by atoms with Crippen molar-refractivity contribution in [2.24, 2.45) is 22.7 Å². The zero-order chi connectivity index (χ0) is 11.7. The van der Waals surface area contributed by atoms with Crippen LogP contribution in [0.25, 0.3) is 0 Å². The summed E-state index contributed by atoms with van der Waals surface area (Å²) in [5.74, 6) is 1.50. The lowest BCUT2D eigenvalue weighted by molar-refractivity contribution is -0.122. The highest BCUT2D eigenvalue weighted by molar-refractivity contribution is 5.88. The molecule has 16 heavy (non-hydrogen) atoms. The van der Waals surface area contributed by atoms with E-state index in [1.807, 2.05) is 0 Å². The molecule has 3 aliphatic rings. The third-order valence-corrected chi connectivity index (χ3v) is 6.05. The first-order chi connectivity index (χ1) is 7.42. The third kappa shape index (κ3) is 0.881. The van der Waals surface area contributed by atoms with Crippen molar-refractivity contribution in [1.82, 2.24) is 0 Å². The normalized spacial score (nSPS) is 51.1. The minimum absolute atomic E-state index is 0.258. The first-order valence-electron chi connectivity index (χ1n) is 6.62. The Labute approximate surface area is 98.3 Å². The van der Waals surface area contributed by atoms with Crippen LogP contribution in [0.3, 0.4) is 0 Å². The lowest BCUT2D eigenvalue weighted by atomic mass is 9.63. The van der Waals surface area contributed by atoms with Crippen molar-refractivity contribution in [3.63, 3.8) is 0 Å².